The fourth-order valence-corrected chi connectivity index (χ4v) is 3.33. The molecule has 1 unspecified atom stereocenters. The first-order valence-electron chi connectivity index (χ1n) is 8.79. The number of aromatic nitrogens is 1. The van der Waals surface area contributed by atoms with Crippen molar-refractivity contribution in [1.82, 2.24) is 9.47 Å². The second-order valence-corrected chi connectivity index (χ2v) is 6.32. The lowest BCUT2D eigenvalue weighted by Gasteiger charge is -2.35. The molecule has 1 aliphatic rings. The van der Waals surface area contributed by atoms with Crippen molar-refractivity contribution >= 4 is 5.91 Å². The van der Waals surface area contributed by atoms with Gasteiger partial charge in [-0.3, -0.25) is 4.79 Å². The predicted molar refractivity (Wildman–Crippen MR) is 97.0 cm³/mol. The molecule has 2 aromatic rings. The van der Waals surface area contributed by atoms with E-state index in [1.54, 1.807) is 25.3 Å². The van der Waals surface area contributed by atoms with E-state index in [2.05, 4.69) is 29.8 Å². The Hall–Kier alpha value is -2.94. The fourth-order valence-electron chi connectivity index (χ4n) is 3.33. The quantitative estimate of drug-likeness (QED) is 0.748. The zero-order valence-electron chi connectivity index (χ0n) is 15.1. The van der Waals surface area contributed by atoms with Gasteiger partial charge < -0.3 is 18.9 Å². The zero-order valence-corrected chi connectivity index (χ0v) is 15.1. The predicted octanol–water partition coefficient (Wildman–Crippen LogP) is 3.13. The van der Waals surface area contributed by atoms with Gasteiger partial charge in [0.2, 0.25) is 5.91 Å². The normalized spacial score (nSPS) is 15.9. The van der Waals surface area contributed by atoms with Crippen LogP contribution in [0.15, 0.2) is 36.5 Å². The number of hydrogen-bond acceptors (Lipinski definition) is 4. The summed E-state index contributed by atoms with van der Waals surface area (Å²) < 4.78 is 13.2. The Kier molecular flexibility index (Phi) is 5.47. The van der Waals surface area contributed by atoms with Gasteiger partial charge in [-0.05, 0) is 37.6 Å². The van der Waals surface area contributed by atoms with Gasteiger partial charge in [0.15, 0.2) is 11.5 Å². The highest BCUT2D eigenvalue weighted by Crippen LogP contribution is 2.28. The number of methoxy groups -OCH3 is 1. The number of ether oxygens (including phenoxy) is 2. The Bertz CT molecular complexity index is 822. The van der Waals surface area contributed by atoms with Gasteiger partial charge in [0.05, 0.1) is 31.4 Å². The van der Waals surface area contributed by atoms with Crippen molar-refractivity contribution in [3.63, 3.8) is 0 Å². The lowest BCUT2D eigenvalue weighted by atomic mass is 10.1. The van der Waals surface area contributed by atoms with Gasteiger partial charge in [-0.15, -0.1) is 0 Å². The highest BCUT2D eigenvalue weighted by Gasteiger charge is 2.26. The SMILES string of the molecule is COc1cc(C#N)ccc1OCCCC(=O)N1CCn2cccc2C1C. The average Bonchev–Trinajstić information content (AvgIpc) is 3.15. The molecule has 0 spiro atoms. The van der Waals surface area contributed by atoms with Crippen LogP contribution in [0.3, 0.4) is 0 Å². The smallest absolute Gasteiger partial charge is 0.223 e. The molecule has 0 N–H and O–H groups in total. The molecule has 0 saturated heterocycles. The van der Waals surface area contributed by atoms with E-state index < -0.39 is 0 Å². The molecule has 0 fully saturated rings. The van der Waals surface area contributed by atoms with E-state index in [0.29, 0.717) is 36.5 Å². The summed E-state index contributed by atoms with van der Waals surface area (Å²) in [6, 6.07) is 11.3. The molecular weight excluding hydrogens is 330 g/mol. The van der Waals surface area contributed by atoms with E-state index in [1.165, 1.54) is 5.69 Å². The monoisotopic (exact) mass is 353 g/mol. The van der Waals surface area contributed by atoms with Gasteiger partial charge in [0.1, 0.15) is 0 Å². The van der Waals surface area contributed by atoms with Crippen LogP contribution in [0.1, 0.15) is 37.1 Å². The number of amides is 1. The zero-order chi connectivity index (χ0) is 18.5. The second-order valence-electron chi connectivity index (χ2n) is 6.32. The molecule has 3 rings (SSSR count). The fraction of sp³-hybridized carbons (Fsp3) is 0.400. The van der Waals surface area contributed by atoms with Crippen molar-refractivity contribution in [1.29, 1.82) is 5.26 Å². The molecule has 2 heterocycles. The minimum atomic E-state index is 0.103. The molecule has 1 atom stereocenters. The van der Waals surface area contributed by atoms with Crippen LogP contribution < -0.4 is 9.47 Å². The van der Waals surface area contributed by atoms with Crippen molar-refractivity contribution in [3.05, 3.63) is 47.8 Å². The van der Waals surface area contributed by atoms with E-state index in [-0.39, 0.29) is 11.9 Å². The first kappa shape index (κ1) is 17.9. The van der Waals surface area contributed by atoms with Gasteiger partial charge in [0, 0.05) is 37.5 Å². The summed E-state index contributed by atoms with van der Waals surface area (Å²) in [5.41, 5.74) is 1.70. The van der Waals surface area contributed by atoms with Crippen molar-refractivity contribution in [2.24, 2.45) is 0 Å². The summed E-state index contributed by atoms with van der Waals surface area (Å²) in [5.74, 6) is 1.27. The largest absolute Gasteiger partial charge is 0.493 e. The maximum absolute atomic E-state index is 12.6. The van der Waals surface area contributed by atoms with E-state index >= 15 is 0 Å². The maximum atomic E-state index is 12.6. The van der Waals surface area contributed by atoms with E-state index in [0.717, 1.165) is 13.1 Å². The summed E-state index contributed by atoms with van der Waals surface area (Å²) >= 11 is 0. The van der Waals surface area contributed by atoms with Crippen molar-refractivity contribution in [2.45, 2.75) is 32.4 Å². The first-order chi connectivity index (χ1) is 12.6. The highest BCUT2D eigenvalue weighted by molar-refractivity contribution is 5.76. The highest BCUT2D eigenvalue weighted by atomic mass is 16.5. The summed E-state index contributed by atoms with van der Waals surface area (Å²) in [4.78, 5) is 14.5. The molecule has 26 heavy (non-hydrogen) atoms. The molecule has 0 bridgehead atoms. The molecule has 0 radical (unpaired) electrons. The topological polar surface area (TPSA) is 67.5 Å². The molecule has 6 heteroatoms. The van der Waals surface area contributed by atoms with Crippen molar-refractivity contribution < 1.29 is 14.3 Å². The second kappa shape index (κ2) is 7.96. The number of benzene rings is 1. The number of carbonyl (C=O) groups excluding carboxylic acids is 1. The molecular formula is C20H23N3O3. The van der Waals surface area contributed by atoms with Gasteiger partial charge >= 0.3 is 0 Å². The number of hydrogen-bond donors (Lipinski definition) is 0. The van der Waals surface area contributed by atoms with Crippen LogP contribution in [0, 0.1) is 11.3 Å². The van der Waals surface area contributed by atoms with Crippen LogP contribution in [0.4, 0.5) is 0 Å². The van der Waals surface area contributed by atoms with E-state index in [9.17, 15) is 4.79 Å². The Morgan fingerprint density at radius 1 is 1.31 bits per heavy atom. The molecule has 0 aliphatic carbocycles. The van der Waals surface area contributed by atoms with Gasteiger partial charge in [0.25, 0.3) is 0 Å². The molecule has 1 aliphatic heterocycles. The molecule has 0 saturated carbocycles. The van der Waals surface area contributed by atoms with Crippen LogP contribution in [-0.4, -0.2) is 35.6 Å². The number of rotatable bonds is 6. The maximum Gasteiger partial charge on any atom is 0.223 e. The molecule has 1 amide bonds. The number of nitrogens with zero attached hydrogens (tertiary/aromatic N) is 3. The van der Waals surface area contributed by atoms with E-state index in [1.807, 2.05) is 11.0 Å². The third-order valence-corrected chi connectivity index (χ3v) is 4.75. The minimum absolute atomic E-state index is 0.103. The van der Waals surface area contributed by atoms with Gasteiger partial charge in [-0.1, -0.05) is 0 Å². The molecule has 1 aromatic heterocycles. The minimum Gasteiger partial charge on any atom is -0.493 e. The average molecular weight is 353 g/mol. The number of nitriles is 1. The van der Waals surface area contributed by atoms with Gasteiger partial charge in [-0.2, -0.15) is 5.26 Å². The van der Waals surface area contributed by atoms with Crippen LogP contribution >= 0.6 is 0 Å². The lowest BCUT2D eigenvalue weighted by molar-refractivity contribution is -0.134. The standard InChI is InChI=1S/C20H23N3O3/c1-15-17-5-3-9-22(17)10-11-23(15)20(24)6-4-12-26-18-8-7-16(14-21)13-19(18)25-2/h3,5,7-9,13,15H,4,6,10-12H2,1-2H3. The van der Waals surface area contributed by atoms with Crippen LogP contribution in [0.5, 0.6) is 11.5 Å². The van der Waals surface area contributed by atoms with Crippen molar-refractivity contribution in [3.8, 4) is 17.6 Å². The molecule has 136 valence electrons. The van der Waals surface area contributed by atoms with Gasteiger partial charge in [-0.25, -0.2) is 0 Å². The Labute approximate surface area is 153 Å². The summed E-state index contributed by atoms with van der Waals surface area (Å²) in [5, 5.41) is 8.93. The molecule has 6 nitrogen and oxygen atoms in total. The summed E-state index contributed by atoms with van der Waals surface area (Å²) in [7, 11) is 1.54. The Morgan fingerprint density at radius 3 is 2.92 bits per heavy atom. The number of carbonyl (C=O) groups is 1. The van der Waals surface area contributed by atoms with Crippen LogP contribution in [0.25, 0.3) is 0 Å². The van der Waals surface area contributed by atoms with Crippen molar-refractivity contribution in [2.75, 3.05) is 20.3 Å². The lowest BCUT2D eigenvalue weighted by Crippen LogP contribution is -2.40. The van der Waals surface area contributed by atoms with Crippen LogP contribution in [-0.2, 0) is 11.3 Å². The third-order valence-electron chi connectivity index (χ3n) is 4.75. The van der Waals surface area contributed by atoms with Crippen LogP contribution in [0.2, 0.25) is 0 Å². The Morgan fingerprint density at radius 2 is 2.15 bits per heavy atom. The van der Waals surface area contributed by atoms with E-state index in [4.69, 9.17) is 14.7 Å². The summed E-state index contributed by atoms with van der Waals surface area (Å²) in [6.07, 6.45) is 3.14. The number of fused-ring (bicyclic) bond motifs is 1. The summed E-state index contributed by atoms with van der Waals surface area (Å²) in [6.45, 7) is 4.08. The Balaban J connectivity index is 1.50. The third kappa shape index (κ3) is 3.67. The first-order valence-corrected chi connectivity index (χ1v) is 8.79. The molecule has 1 aromatic carbocycles.